The zero-order valence-corrected chi connectivity index (χ0v) is 23.6. The lowest BCUT2D eigenvalue weighted by molar-refractivity contribution is -0.991. The second kappa shape index (κ2) is 15.2. The van der Waals surface area contributed by atoms with Gasteiger partial charge in [-0.05, 0) is 29.2 Å². The van der Waals surface area contributed by atoms with Crippen LogP contribution >= 0.6 is 0 Å². The second-order valence-corrected chi connectivity index (χ2v) is 10.3. The van der Waals surface area contributed by atoms with Gasteiger partial charge in [0, 0.05) is 12.1 Å². The molecule has 0 bridgehead atoms. The van der Waals surface area contributed by atoms with Crippen LogP contribution in [0, 0.1) is 5.21 Å². The van der Waals surface area contributed by atoms with Gasteiger partial charge < -0.3 is 28.9 Å². The van der Waals surface area contributed by atoms with Crippen molar-refractivity contribution >= 4 is 5.69 Å². The summed E-state index contributed by atoms with van der Waals surface area (Å²) >= 11 is 0. The van der Waals surface area contributed by atoms with Gasteiger partial charge in [-0.25, -0.2) is 5.21 Å². The number of quaternary nitrogens is 1. The smallest absolute Gasteiger partial charge is 0.187 e. The van der Waals surface area contributed by atoms with Crippen LogP contribution < -0.4 is 5.23 Å². The fourth-order valence-corrected chi connectivity index (χ4v) is 4.92. The first kappa shape index (κ1) is 30.0. The lowest BCUT2D eigenvalue weighted by atomic mass is 9.98. The van der Waals surface area contributed by atoms with Gasteiger partial charge in [0.1, 0.15) is 18.3 Å². The normalized spacial score (nSPS) is 23.0. The molecule has 4 aromatic rings. The Labute approximate surface area is 246 Å². The van der Waals surface area contributed by atoms with Gasteiger partial charge >= 0.3 is 0 Å². The van der Waals surface area contributed by atoms with E-state index < -0.39 is 29.8 Å². The Balaban J connectivity index is 1.38. The molecule has 6 atom stereocenters. The van der Waals surface area contributed by atoms with Crippen molar-refractivity contribution in [2.24, 2.45) is 0 Å². The van der Waals surface area contributed by atoms with Crippen molar-refractivity contribution in [2.45, 2.75) is 64.1 Å². The minimum Gasteiger partial charge on any atom is -0.595 e. The monoisotopic (exact) mass is 571 g/mol. The zero-order chi connectivity index (χ0) is 29.1. The van der Waals surface area contributed by atoms with E-state index in [1.54, 1.807) is 24.3 Å². The lowest BCUT2D eigenvalue weighted by Gasteiger charge is -2.45. The molecule has 1 unspecified atom stereocenters. The molecule has 0 aromatic heterocycles. The number of hydrogen-bond acceptors (Lipinski definition) is 7. The Hall–Kier alpha value is -3.44. The van der Waals surface area contributed by atoms with E-state index in [0.717, 1.165) is 22.3 Å². The van der Waals surface area contributed by atoms with Crippen LogP contribution in [0.25, 0.3) is 0 Å². The van der Waals surface area contributed by atoms with Crippen LogP contribution in [0.4, 0.5) is 5.69 Å². The van der Waals surface area contributed by atoms with Gasteiger partial charge in [-0.3, -0.25) is 0 Å². The van der Waals surface area contributed by atoms with Crippen molar-refractivity contribution in [1.29, 1.82) is 0 Å². The molecule has 1 heterocycles. The Kier molecular flexibility index (Phi) is 10.8. The average Bonchev–Trinajstić information content (AvgIpc) is 3.03. The molecular weight excluding hydrogens is 534 g/mol. The molecule has 0 saturated carbocycles. The fraction of sp³-hybridized carbons (Fsp3) is 0.294. The van der Waals surface area contributed by atoms with Crippen LogP contribution in [0.1, 0.15) is 29.2 Å². The minimum atomic E-state index is -0.971. The summed E-state index contributed by atoms with van der Waals surface area (Å²) in [6.07, 6.45) is -2.64. The van der Waals surface area contributed by atoms with Gasteiger partial charge in [0.25, 0.3) is 0 Å². The summed E-state index contributed by atoms with van der Waals surface area (Å²) < 4.78 is 32.3. The molecule has 1 fully saturated rings. The van der Waals surface area contributed by atoms with Gasteiger partial charge in [0.15, 0.2) is 12.0 Å². The van der Waals surface area contributed by atoms with Gasteiger partial charge in [-0.15, -0.1) is 0 Å². The number of benzene rings is 4. The quantitative estimate of drug-likeness (QED) is 0.216. The van der Waals surface area contributed by atoms with Crippen LogP contribution in [-0.2, 0) is 50.1 Å². The van der Waals surface area contributed by atoms with E-state index >= 15 is 0 Å². The number of rotatable bonds is 13. The second-order valence-electron chi connectivity index (χ2n) is 10.3. The predicted octanol–water partition coefficient (Wildman–Crippen LogP) is 5.11. The highest BCUT2D eigenvalue weighted by Gasteiger charge is 2.47. The maximum absolute atomic E-state index is 11.3. The Morgan fingerprint density at radius 3 is 1.45 bits per heavy atom. The molecule has 8 nitrogen and oxygen atoms in total. The van der Waals surface area contributed by atoms with E-state index in [0.29, 0.717) is 19.8 Å². The van der Waals surface area contributed by atoms with Gasteiger partial charge in [-0.1, -0.05) is 103 Å². The molecule has 1 aliphatic rings. The topological polar surface area (TPSA) is 93.9 Å². The SMILES string of the molecule is C[C@@H]1O[C@@H](OCc2ccc([NH+]([O-])O)cc2)[C@H](OCc2ccccc2)[C@@H](OCc2ccccc2)[C@H]1OCc1ccccc1. The average molecular weight is 572 g/mol. The molecule has 4 aromatic carbocycles. The van der Waals surface area contributed by atoms with Crippen LogP contribution in [0.2, 0.25) is 0 Å². The molecule has 0 amide bonds. The first-order valence-corrected chi connectivity index (χ1v) is 14.1. The van der Waals surface area contributed by atoms with Crippen molar-refractivity contribution in [3.63, 3.8) is 0 Å². The summed E-state index contributed by atoms with van der Waals surface area (Å²) in [5, 5.41) is 19.5. The van der Waals surface area contributed by atoms with E-state index in [2.05, 4.69) is 0 Å². The third kappa shape index (κ3) is 8.32. The Bertz CT molecular complexity index is 1320. The summed E-state index contributed by atoms with van der Waals surface area (Å²) in [4.78, 5) is 0. The van der Waals surface area contributed by atoms with E-state index in [4.69, 9.17) is 23.7 Å². The fourth-order valence-electron chi connectivity index (χ4n) is 4.92. The first-order valence-electron chi connectivity index (χ1n) is 14.1. The molecule has 0 radical (unpaired) electrons. The number of nitrogens with one attached hydrogen (secondary N) is 1. The highest BCUT2D eigenvalue weighted by molar-refractivity contribution is 5.32. The van der Waals surface area contributed by atoms with Crippen LogP contribution in [0.3, 0.4) is 0 Å². The van der Waals surface area contributed by atoms with E-state index in [9.17, 15) is 10.4 Å². The highest BCUT2D eigenvalue weighted by Crippen LogP contribution is 2.31. The largest absolute Gasteiger partial charge is 0.595 e. The minimum absolute atomic E-state index is 0.212. The Morgan fingerprint density at radius 2 is 0.976 bits per heavy atom. The van der Waals surface area contributed by atoms with Crippen molar-refractivity contribution in [3.05, 3.63) is 143 Å². The highest BCUT2D eigenvalue weighted by atomic mass is 16.8. The van der Waals surface area contributed by atoms with E-state index in [1.807, 2.05) is 97.9 Å². The molecule has 1 saturated heterocycles. The van der Waals surface area contributed by atoms with Crippen LogP contribution in [0.15, 0.2) is 115 Å². The molecule has 2 N–H and O–H groups in total. The maximum atomic E-state index is 11.3. The molecule has 0 spiro atoms. The van der Waals surface area contributed by atoms with Crippen molar-refractivity contribution in [2.75, 3.05) is 0 Å². The standard InChI is InChI=1S/C34H37NO7/c1-25-31(38-21-26-11-5-2-6-12-26)32(39-22-27-13-7-3-8-14-27)33(40-23-28-15-9-4-10-16-28)34(42-25)41-24-29-17-19-30(20-18-29)35(36)37/h2-20,25,31-36H,21-24H2,1H3/t25-,31-,32-,33+,34+/m0/s1. The third-order valence-corrected chi connectivity index (χ3v) is 7.20. The summed E-state index contributed by atoms with van der Waals surface area (Å²) in [6.45, 7) is 3.28. The van der Waals surface area contributed by atoms with Gasteiger partial charge in [0.05, 0.1) is 32.5 Å². The zero-order valence-electron chi connectivity index (χ0n) is 23.6. The van der Waals surface area contributed by atoms with Gasteiger partial charge in [-0.2, -0.15) is 5.23 Å². The molecule has 0 aliphatic carbocycles. The van der Waals surface area contributed by atoms with Crippen molar-refractivity contribution < 1.29 is 34.1 Å². The van der Waals surface area contributed by atoms with Crippen LogP contribution in [0.5, 0.6) is 0 Å². The summed E-state index contributed by atoms with van der Waals surface area (Å²) in [7, 11) is 0. The molecule has 8 heteroatoms. The summed E-state index contributed by atoms with van der Waals surface area (Å²) in [5.74, 6) is 0. The summed E-state index contributed by atoms with van der Waals surface area (Å²) in [6, 6.07) is 36.5. The van der Waals surface area contributed by atoms with Gasteiger partial charge in [0.2, 0.25) is 0 Å². The lowest BCUT2D eigenvalue weighted by Crippen LogP contribution is -2.99. The van der Waals surface area contributed by atoms with E-state index in [-0.39, 0.29) is 18.4 Å². The molecule has 5 rings (SSSR count). The third-order valence-electron chi connectivity index (χ3n) is 7.20. The van der Waals surface area contributed by atoms with Crippen molar-refractivity contribution in [3.8, 4) is 0 Å². The van der Waals surface area contributed by atoms with Crippen molar-refractivity contribution in [1.82, 2.24) is 0 Å². The molecular formula is C34H37NO7. The Morgan fingerprint density at radius 1 is 0.571 bits per heavy atom. The molecule has 1 aliphatic heterocycles. The van der Waals surface area contributed by atoms with Crippen LogP contribution in [-0.4, -0.2) is 35.9 Å². The molecule has 42 heavy (non-hydrogen) atoms. The summed E-state index contributed by atoms with van der Waals surface area (Å²) in [5.41, 5.74) is 4.15. The maximum Gasteiger partial charge on any atom is 0.187 e. The number of ether oxygens (including phenoxy) is 5. The first-order chi connectivity index (χ1) is 20.6. The number of hydrogen-bond donors (Lipinski definition) is 2. The van der Waals surface area contributed by atoms with E-state index in [1.165, 1.54) is 0 Å². The predicted molar refractivity (Wildman–Crippen MR) is 156 cm³/mol. The molecule has 220 valence electrons.